The van der Waals surface area contributed by atoms with Crippen molar-refractivity contribution in [2.75, 3.05) is 6.54 Å². The van der Waals surface area contributed by atoms with Crippen LogP contribution >= 0.6 is 0 Å². The SMILES string of the molecule is CC1CCCN1Cc1cccc([N+](=O)[O-])c1F. The molecule has 0 bridgehead atoms. The van der Waals surface area contributed by atoms with Crippen LogP contribution < -0.4 is 0 Å². The van der Waals surface area contributed by atoms with Crippen molar-refractivity contribution < 1.29 is 9.31 Å². The number of nitrogens with zero attached hydrogens (tertiary/aromatic N) is 2. The minimum atomic E-state index is -0.698. The summed E-state index contributed by atoms with van der Waals surface area (Å²) in [5, 5.41) is 10.6. The van der Waals surface area contributed by atoms with E-state index in [2.05, 4.69) is 11.8 Å². The van der Waals surface area contributed by atoms with Crippen LogP contribution in [0, 0.1) is 15.9 Å². The fourth-order valence-electron chi connectivity index (χ4n) is 2.28. The highest BCUT2D eigenvalue weighted by Gasteiger charge is 2.23. The lowest BCUT2D eigenvalue weighted by atomic mass is 10.1. The van der Waals surface area contributed by atoms with E-state index in [1.807, 2.05) is 0 Å². The maximum atomic E-state index is 13.8. The molecule has 17 heavy (non-hydrogen) atoms. The molecule has 1 heterocycles. The quantitative estimate of drug-likeness (QED) is 0.600. The van der Waals surface area contributed by atoms with Gasteiger partial charge in [-0.25, -0.2) is 0 Å². The molecule has 92 valence electrons. The molecule has 0 amide bonds. The van der Waals surface area contributed by atoms with Gasteiger partial charge in [0, 0.05) is 24.2 Å². The van der Waals surface area contributed by atoms with Crippen LogP contribution in [0.4, 0.5) is 10.1 Å². The first-order chi connectivity index (χ1) is 8.09. The normalized spacial score (nSPS) is 20.7. The second-order valence-corrected chi connectivity index (χ2v) is 4.47. The molecule has 1 fully saturated rings. The molecule has 0 aromatic heterocycles. The molecule has 0 saturated carbocycles. The fourth-order valence-corrected chi connectivity index (χ4v) is 2.28. The summed E-state index contributed by atoms with van der Waals surface area (Å²) in [6.07, 6.45) is 2.22. The Bertz CT molecular complexity index is 437. The standard InChI is InChI=1S/C12H15FN2O2/c1-9-4-3-7-14(9)8-10-5-2-6-11(12(10)13)15(16)17/h2,5-6,9H,3-4,7-8H2,1H3. The van der Waals surface area contributed by atoms with Crippen LogP contribution in [0.5, 0.6) is 0 Å². The minimum Gasteiger partial charge on any atom is -0.296 e. The fraction of sp³-hybridized carbons (Fsp3) is 0.500. The topological polar surface area (TPSA) is 46.4 Å². The number of benzene rings is 1. The molecule has 0 radical (unpaired) electrons. The summed E-state index contributed by atoms with van der Waals surface area (Å²) in [7, 11) is 0. The van der Waals surface area contributed by atoms with Gasteiger partial charge in [-0.1, -0.05) is 12.1 Å². The van der Waals surface area contributed by atoms with Crippen LogP contribution in [0.3, 0.4) is 0 Å². The molecule has 2 rings (SSSR count). The summed E-state index contributed by atoms with van der Waals surface area (Å²) in [6.45, 7) is 3.49. The molecule has 1 aromatic carbocycles. The largest absolute Gasteiger partial charge is 0.305 e. The molecule has 4 nitrogen and oxygen atoms in total. The summed E-state index contributed by atoms with van der Waals surface area (Å²) in [5.74, 6) is -0.698. The van der Waals surface area contributed by atoms with Crippen molar-refractivity contribution >= 4 is 5.69 Å². The predicted octanol–water partition coefficient (Wildman–Crippen LogP) is 2.72. The van der Waals surface area contributed by atoms with E-state index in [-0.39, 0.29) is 0 Å². The molecule has 0 spiro atoms. The highest BCUT2D eigenvalue weighted by molar-refractivity contribution is 5.36. The Morgan fingerprint density at radius 1 is 1.59 bits per heavy atom. The third-order valence-electron chi connectivity index (χ3n) is 3.32. The Morgan fingerprint density at radius 2 is 2.35 bits per heavy atom. The summed E-state index contributed by atoms with van der Waals surface area (Å²) >= 11 is 0. The molecular weight excluding hydrogens is 223 g/mol. The molecule has 1 aliphatic heterocycles. The van der Waals surface area contributed by atoms with Crippen LogP contribution in [0.1, 0.15) is 25.3 Å². The lowest BCUT2D eigenvalue weighted by Crippen LogP contribution is -2.26. The first kappa shape index (κ1) is 12.0. The zero-order valence-corrected chi connectivity index (χ0v) is 9.73. The molecule has 1 aromatic rings. The van der Waals surface area contributed by atoms with Gasteiger partial charge in [0.1, 0.15) is 0 Å². The van der Waals surface area contributed by atoms with Gasteiger partial charge in [0.05, 0.1) is 4.92 Å². The van der Waals surface area contributed by atoms with Crippen LogP contribution in [-0.4, -0.2) is 22.4 Å². The Kier molecular flexibility index (Phi) is 3.38. The zero-order valence-electron chi connectivity index (χ0n) is 9.73. The second-order valence-electron chi connectivity index (χ2n) is 4.47. The molecule has 0 aliphatic carbocycles. The first-order valence-electron chi connectivity index (χ1n) is 5.75. The van der Waals surface area contributed by atoms with Gasteiger partial charge in [-0.15, -0.1) is 0 Å². The van der Waals surface area contributed by atoms with Crippen LogP contribution in [0.2, 0.25) is 0 Å². The van der Waals surface area contributed by atoms with Crippen molar-refractivity contribution in [2.45, 2.75) is 32.4 Å². The number of nitro benzene ring substituents is 1. The number of hydrogen-bond acceptors (Lipinski definition) is 3. The highest BCUT2D eigenvalue weighted by atomic mass is 19.1. The lowest BCUT2D eigenvalue weighted by Gasteiger charge is -2.20. The van der Waals surface area contributed by atoms with Crippen molar-refractivity contribution in [1.82, 2.24) is 4.90 Å². The van der Waals surface area contributed by atoms with Gasteiger partial charge in [0.25, 0.3) is 0 Å². The van der Waals surface area contributed by atoms with Crippen LogP contribution in [0.25, 0.3) is 0 Å². The number of rotatable bonds is 3. The third-order valence-corrected chi connectivity index (χ3v) is 3.32. The van der Waals surface area contributed by atoms with E-state index in [4.69, 9.17) is 0 Å². The average molecular weight is 238 g/mol. The summed E-state index contributed by atoms with van der Waals surface area (Å²) in [4.78, 5) is 12.1. The lowest BCUT2D eigenvalue weighted by molar-refractivity contribution is -0.387. The van der Waals surface area contributed by atoms with Gasteiger partial charge < -0.3 is 0 Å². The molecule has 5 heteroatoms. The summed E-state index contributed by atoms with van der Waals surface area (Å²) < 4.78 is 13.8. The Morgan fingerprint density at radius 3 is 2.94 bits per heavy atom. The maximum Gasteiger partial charge on any atom is 0.305 e. The highest BCUT2D eigenvalue weighted by Crippen LogP contribution is 2.24. The van der Waals surface area contributed by atoms with E-state index in [0.717, 1.165) is 19.4 Å². The Labute approximate surface area is 99.2 Å². The van der Waals surface area contributed by atoms with Gasteiger partial charge in [-0.2, -0.15) is 4.39 Å². The van der Waals surface area contributed by atoms with Gasteiger partial charge in [0.15, 0.2) is 0 Å². The van der Waals surface area contributed by atoms with E-state index in [1.54, 1.807) is 6.07 Å². The van der Waals surface area contributed by atoms with Crippen molar-refractivity contribution in [3.05, 3.63) is 39.7 Å². The van der Waals surface area contributed by atoms with Crippen molar-refractivity contribution in [1.29, 1.82) is 0 Å². The molecular formula is C12H15FN2O2. The van der Waals surface area contributed by atoms with Crippen LogP contribution in [0.15, 0.2) is 18.2 Å². The molecule has 1 unspecified atom stereocenters. The van der Waals surface area contributed by atoms with Crippen molar-refractivity contribution in [3.8, 4) is 0 Å². The number of nitro groups is 1. The molecule has 1 atom stereocenters. The van der Waals surface area contributed by atoms with E-state index in [0.29, 0.717) is 18.2 Å². The summed E-state index contributed by atoms with van der Waals surface area (Å²) in [5.41, 5.74) is -0.0256. The molecule has 1 saturated heterocycles. The van der Waals surface area contributed by atoms with Gasteiger partial charge in [-0.3, -0.25) is 15.0 Å². The average Bonchev–Trinajstić information content (AvgIpc) is 2.67. The Hall–Kier alpha value is -1.49. The van der Waals surface area contributed by atoms with Gasteiger partial charge in [0.2, 0.25) is 5.82 Å². The van der Waals surface area contributed by atoms with Gasteiger partial charge in [-0.05, 0) is 26.3 Å². The van der Waals surface area contributed by atoms with Crippen molar-refractivity contribution in [3.63, 3.8) is 0 Å². The van der Waals surface area contributed by atoms with E-state index in [1.165, 1.54) is 12.1 Å². The number of likely N-dealkylation sites (tertiary alicyclic amines) is 1. The predicted molar refractivity (Wildman–Crippen MR) is 62.2 cm³/mol. The van der Waals surface area contributed by atoms with E-state index in [9.17, 15) is 14.5 Å². The number of hydrogen-bond donors (Lipinski definition) is 0. The smallest absolute Gasteiger partial charge is 0.296 e. The third kappa shape index (κ3) is 2.44. The van der Waals surface area contributed by atoms with Crippen molar-refractivity contribution in [2.24, 2.45) is 0 Å². The first-order valence-corrected chi connectivity index (χ1v) is 5.75. The van der Waals surface area contributed by atoms with E-state index >= 15 is 0 Å². The zero-order chi connectivity index (χ0) is 12.4. The molecule has 0 N–H and O–H groups in total. The Balaban J connectivity index is 2.21. The summed E-state index contributed by atoms with van der Waals surface area (Å²) in [6, 6.07) is 4.78. The maximum absolute atomic E-state index is 13.8. The minimum absolute atomic E-state index is 0.410. The van der Waals surface area contributed by atoms with Gasteiger partial charge >= 0.3 is 5.69 Å². The second kappa shape index (κ2) is 4.79. The monoisotopic (exact) mass is 238 g/mol. The van der Waals surface area contributed by atoms with E-state index < -0.39 is 16.4 Å². The molecule has 1 aliphatic rings. The van der Waals surface area contributed by atoms with Crippen LogP contribution in [-0.2, 0) is 6.54 Å². The number of halogens is 1.